The minimum absolute atomic E-state index is 0.684. The highest BCUT2D eigenvalue weighted by Crippen LogP contribution is 2.34. The van der Waals surface area contributed by atoms with E-state index >= 15 is 0 Å². The Morgan fingerprint density at radius 3 is 2.93 bits per heavy atom. The van der Waals surface area contributed by atoms with Gasteiger partial charge in [-0.25, -0.2) is 0 Å². The number of nitrogens with two attached hydrogens (primary N) is 1. The minimum Gasteiger partial charge on any atom is -0.399 e. The zero-order chi connectivity index (χ0) is 10.8. The Morgan fingerprint density at radius 2 is 2.20 bits per heavy atom. The summed E-state index contributed by atoms with van der Waals surface area (Å²) in [6, 6.07) is 6.30. The van der Waals surface area contributed by atoms with Crippen molar-refractivity contribution in [3.05, 3.63) is 35.4 Å². The monoisotopic (exact) mass is 201 g/mol. The lowest BCUT2D eigenvalue weighted by atomic mass is 10.0. The van der Waals surface area contributed by atoms with Gasteiger partial charge in [-0.05, 0) is 47.6 Å². The van der Waals surface area contributed by atoms with Crippen LogP contribution in [0.5, 0.6) is 0 Å². The molecule has 80 valence electrons. The second-order valence-electron chi connectivity index (χ2n) is 4.49. The lowest BCUT2D eigenvalue weighted by Crippen LogP contribution is -1.90. The van der Waals surface area contributed by atoms with E-state index < -0.39 is 0 Å². The summed E-state index contributed by atoms with van der Waals surface area (Å²) in [7, 11) is 0. The van der Waals surface area contributed by atoms with Crippen LogP contribution in [0, 0.1) is 5.92 Å². The molecule has 0 amide bonds. The average Bonchev–Trinajstić information content (AvgIpc) is 2.60. The van der Waals surface area contributed by atoms with E-state index in [4.69, 9.17) is 5.73 Å². The molecule has 1 aliphatic rings. The van der Waals surface area contributed by atoms with Gasteiger partial charge in [-0.15, -0.1) is 0 Å². The van der Waals surface area contributed by atoms with E-state index in [2.05, 4.69) is 32.1 Å². The highest BCUT2D eigenvalue weighted by molar-refractivity contribution is 5.74. The summed E-state index contributed by atoms with van der Waals surface area (Å²) in [5.74, 6) is 0.684. The van der Waals surface area contributed by atoms with Crippen molar-refractivity contribution in [2.75, 3.05) is 5.73 Å². The fourth-order valence-electron chi connectivity index (χ4n) is 2.17. The molecule has 0 aliphatic heterocycles. The van der Waals surface area contributed by atoms with Gasteiger partial charge in [0, 0.05) is 5.69 Å². The highest BCUT2D eigenvalue weighted by atomic mass is 14.5. The normalized spacial score (nSPS) is 19.2. The van der Waals surface area contributed by atoms with Crippen LogP contribution in [0.3, 0.4) is 0 Å². The summed E-state index contributed by atoms with van der Waals surface area (Å²) in [6.07, 6.45) is 5.97. The van der Waals surface area contributed by atoms with Gasteiger partial charge >= 0.3 is 0 Å². The van der Waals surface area contributed by atoms with Crippen molar-refractivity contribution >= 4 is 11.3 Å². The maximum absolute atomic E-state index is 5.78. The van der Waals surface area contributed by atoms with Crippen LogP contribution in [0.2, 0.25) is 0 Å². The average molecular weight is 201 g/mol. The SMILES string of the molecule is CCC(C)/C=C1/CCc2cc(N)ccc21. The van der Waals surface area contributed by atoms with Gasteiger partial charge in [0.05, 0.1) is 0 Å². The molecule has 0 spiro atoms. The molecule has 15 heavy (non-hydrogen) atoms. The van der Waals surface area contributed by atoms with Crippen molar-refractivity contribution in [2.45, 2.75) is 33.1 Å². The molecule has 1 heteroatoms. The number of anilines is 1. The van der Waals surface area contributed by atoms with Crippen LogP contribution in [0.1, 0.15) is 37.8 Å². The van der Waals surface area contributed by atoms with Crippen molar-refractivity contribution in [3.63, 3.8) is 0 Å². The topological polar surface area (TPSA) is 26.0 Å². The smallest absolute Gasteiger partial charge is 0.0317 e. The Kier molecular flexibility index (Phi) is 2.81. The largest absolute Gasteiger partial charge is 0.399 e. The Morgan fingerprint density at radius 1 is 1.40 bits per heavy atom. The number of aryl methyl sites for hydroxylation is 1. The predicted octanol–water partition coefficient (Wildman–Crippen LogP) is 3.64. The number of fused-ring (bicyclic) bond motifs is 1. The van der Waals surface area contributed by atoms with Gasteiger partial charge in [0.1, 0.15) is 0 Å². The van der Waals surface area contributed by atoms with Crippen LogP contribution in [0.25, 0.3) is 5.57 Å². The van der Waals surface area contributed by atoms with Crippen LogP contribution in [0.4, 0.5) is 5.69 Å². The molecule has 0 heterocycles. The third-order valence-electron chi connectivity index (χ3n) is 3.27. The fourth-order valence-corrected chi connectivity index (χ4v) is 2.17. The molecule has 1 unspecified atom stereocenters. The number of hydrogen-bond donors (Lipinski definition) is 1. The molecule has 2 N–H and O–H groups in total. The first-order chi connectivity index (χ1) is 7.20. The fraction of sp³-hybridized carbons (Fsp3) is 0.429. The van der Waals surface area contributed by atoms with Crippen molar-refractivity contribution in [1.82, 2.24) is 0 Å². The number of hydrogen-bond acceptors (Lipinski definition) is 1. The van der Waals surface area contributed by atoms with E-state index in [0.29, 0.717) is 5.92 Å². The van der Waals surface area contributed by atoms with Gasteiger partial charge in [-0.2, -0.15) is 0 Å². The zero-order valence-electron chi connectivity index (χ0n) is 9.59. The van der Waals surface area contributed by atoms with Crippen LogP contribution >= 0.6 is 0 Å². The molecular formula is C14H19N. The van der Waals surface area contributed by atoms with Gasteiger partial charge in [-0.1, -0.05) is 32.4 Å². The maximum Gasteiger partial charge on any atom is 0.0317 e. The van der Waals surface area contributed by atoms with E-state index in [9.17, 15) is 0 Å². The van der Waals surface area contributed by atoms with Crippen molar-refractivity contribution in [2.24, 2.45) is 5.92 Å². The Labute approximate surface area is 92.0 Å². The van der Waals surface area contributed by atoms with Crippen LogP contribution in [-0.4, -0.2) is 0 Å². The highest BCUT2D eigenvalue weighted by Gasteiger charge is 2.16. The molecule has 0 saturated carbocycles. The molecule has 1 aliphatic carbocycles. The van der Waals surface area contributed by atoms with Crippen molar-refractivity contribution < 1.29 is 0 Å². The Hall–Kier alpha value is -1.24. The molecule has 1 aromatic rings. The van der Waals surface area contributed by atoms with Gasteiger partial charge in [0.15, 0.2) is 0 Å². The summed E-state index contributed by atoms with van der Waals surface area (Å²) in [5.41, 5.74) is 11.0. The van der Waals surface area contributed by atoms with E-state index in [1.54, 1.807) is 0 Å². The second-order valence-corrected chi connectivity index (χ2v) is 4.49. The Balaban J connectivity index is 2.32. The van der Waals surface area contributed by atoms with E-state index in [-0.39, 0.29) is 0 Å². The maximum atomic E-state index is 5.78. The molecule has 0 aromatic heterocycles. The molecule has 2 rings (SSSR count). The lowest BCUT2D eigenvalue weighted by molar-refractivity contribution is 0.698. The number of rotatable bonds is 2. The molecule has 0 fully saturated rings. The molecular weight excluding hydrogens is 182 g/mol. The first-order valence-electron chi connectivity index (χ1n) is 5.80. The van der Waals surface area contributed by atoms with E-state index in [0.717, 1.165) is 12.1 Å². The number of benzene rings is 1. The molecule has 0 radical (unpaired) electrons. The van der Waals surface area contributed by atoms with Crippen LogP contribution < -0.4 is 5.73 Å². The van der Waals surface area contributed by atoms with Gasteiger partial charge < -0.3 is 5.73 Å². The second kappa shape index (κ2) is 4.09. The summed E-state index contributed by atoms with van der Waals surface area (Å²) in [4.78, 5) is 0. The standard InChI is InChI=1S/C14H19N/c1-3-10(2)8-11-4-5-12-9-13(15)6-7-14(11)12/h6-10H,3-5,15H2,1-2H3/b11-8-. The summed E-state index contributed by atoms with van der Waals surface area (Å²) >= 11 is 0. The van der Waals surface area contributed by atoms with Crippen molar-refractivity contribution in [3.8, 4) is 0 Å². The summed E-state index contributed by atoms with van der Waals surface area (Å²) in [6.45, 7) is 4.52. The summed E-state index contributed by atoms with van der Waals surface area (Å²) < 4.78 is 0. The minimum atomic E-state index is 0.684. The zero-order valence-corrected chi connectivity index (χ0v) is 9.59. The third-order valence-corrected chi connectivity index (χ3v) is 3.27. The molecule has 1 nitrogen and oxygen atoms in total. The third kappa shape index (κ3) is 2.06. The molecule has 0 bridgehead atoms. The molecule has 1 atom stereocenters. The first-order valence-corrected chi connectivity index (χ1v) is 5.80. The van der Waals surface area contributed by atoms with Crippen LogP contribution in [0.15, 0.2) is 24.3 Å². The van der Waals surface area contributed by atoms with Gasteiger partial charge in [-0.3, -0.25) is 0 Å². The van der Waals surface area contributed by atoms with Crippen LogP contribution in [-0.2, 0) is 6.42 Å². The number of nitrogen functional groups attached to an aromatic ring is 1. The van der Waals surface area contributed by atoms with Gasteiger partial charge in [0.2, 0.25) is 0 Å². The predicted molar refractivity (Wildman–Crippen MR) is 66.6 cm³/mol. The first kappa shape index (κ1) is 10.3. The van der Waals surface area contributed by atoms with E-state index in [1.165, 1.54) is 29.5 Å². The Bertz CT molecular complexity index is 390. The van der Waals surface area contributed by atoms with Gasteiger partial charge in [0.25, 0.3) is 0 Å². The molecule has 1 aromatic carbocycles. The molecule has 0 saturated heterocycles. The summed E-state index contributed by atoms with van der Waals surface area (Å²) in [5, 5.41) is 0. The van der Waals surface area contributed by atoms with Crippen molar-refractivity contribution in [1.29, 1.82) is 0 Å². The lowest BCUT2D eigenvalue weighted by Gasteiger charge is -2.06. The van der Waals surface area contributed by atoms with E-state index in [1.807, 2.05) is 6.07 Å². The number of allylic oxidation sites excluding steroid dienone is 2. The quantitative estimate of drug-likeness (QED) is 0.726.